The predicted octanol–water partition coefficient (Wildman–Crippen LogP) is 4.04. The molecule has 8 nitrogen and oxygen atoms in total. The Balaban J connectivity index is 1.89. The third kappa shape index (κ3) is 5.92. The average Bonchev–Trinajstić information content (AvgIpc) is 3.26. The maximum Gasteiger partial charge on any atom is 0.257 e. The molecule has 1 aromatic heterocycles. The Morgan fingerprint density at radius 2 is 1.88 bits per heavy atom. The lowest BCUT2D eigenvalue weighted by Crippen LogP contribution is -2.16. The number of sulfone groups is 1. The Labute approximate surface area is 192 Å². The number of ether oxygens (including phenoxy) is 2. The SMILES string of the molecule is COC(OC)c1cnc(NC(=O)/C(=C/C2CCCC2)c2ccc(S(C)(=O)=O)c(Cl)c2)cn1. The van der Waals surface area contributed by atoms with E-state index in [0.29, 0.717) is 16.8 Å². The standard InChI is InChI=1S/C22H26ClN3O5S/c1-30-22(31-2)18-12-25-20(13-24-18)26-21(27)16(10-14-6-4-5-7-14)15-8-9-19(17(23)11-15)32(3,28)29/h8-14,22H,4-7H2,1-3H3,(H,25,26,27)/b16-10+. The zero-order valence-electron chi connectivity index (χ0n) is 18.2. The van der Waals surface area contributed by atoms with Gasteiger partial charge in [0.1, 0.15) is 5.69 Å². The highest BCUT2D eigenvalue weighted by molar-refractivity contribution is 7.90. The predicted molar refractivity (Wildman–Crippen MR) is 122 cm³/mol. The van der Waals surface area contributed by atoms with Crippen molar-refractivity contribution in [3.63, 3.8) is 0 Å². The van der Waals surface area contributed by atoms with Gasteiger partial charge in [-0.15, -0.1) is 0 Å². The number of hydrogen-bond acceptors (Lipinski definition) is 7. The molecule has 1 fully saturated rings. The molecule has 0 atom stereocenters. The second-order valence-electron chi connectivity index (χ2n) is 7.63. The van der Waals surface area contributed by atoms with E-state index in [2.05, 4.69) is 15.3 Å². The summed E-state index contributed by atoms with van der Waals surface area (Å²) in [5.74, 6) is 0.153. The fourth-order valence-electron chi connectivity index (χ4n) is 3.68. The van der Waals surface area contributed by atoms with E-state index < -0.39 is 16.1 Å². The van der Waals surface area contributed by atoms with Gasteiger partial charge in [0.05, 0.1) is 22.3 Å². The van der Waals surface area contributed by atoms with Crippen molar-refractivity contribution in [1.29, 1.82) is 0 Å². The molecular weight excluding hydrogens is 454 g/mol. The number of nitrogens with one attached hydrogen (secondary N) is 1. The number of amides is 1. The first kappa shape index (κ1) is 24.3. The number of benzene rings is 1. The molecule has 3 rings (SSSR count). The second kappa shape index (κ2) is 10.5. The molecule has 10 heteroatoms. The molecular formula is C22H26ClN3O5S. The van der Waals surface area contributed by atoms with Crippen LogP contribution in [0.2, 0.25) is 5.02 Å². The summed E-state index contributed by atoms with van der Waals surface area (Å²) in [5, 5.41) is 2.83. The number of nitrogens with zero attached hydrogens (tertiary/aromatic N) is 2. The van der Waals surface area contributed by atoms with Crippen LogP contribution in [-0.4, -0.2) is 44.8 Å². The topological polar surface area (TPSA) is 107 Å². The van der Waals surface area contributed by atoms with Crippen LogP contribution in [0, 0.1) is 5.92 Å². The van der Waals surface area contributed by atoms with Crippen LogP contribution in [0.3, 0.4) is 0 Å². The Hall–Kier alpha value is -2.33. The van der Waals surface area contributed by atoms with Crippen LogP contribution in [0.4, 0.5) is 5.82 Å². The van der Waals surface area contributed by atoms with Crippen molar-refractivity contribution in [3.8, 4) is 0 Å². The summed E-state index contributed by atoms with van der Waals surface area (Å²) in [4.78, 5) is 21.6. The molecule has 1 heterocycles. The molecule has 1 aliphatic carbocycles. The van der Waals surface area contributed by atoms with Crippen LogP contribution in [-0.2, 0) is 24.1 Å². The largest absolute Gasteiger partial charge is 0.350 e. The van der Waals surface area contributed by atoms with E-state index in [9.17, 15) is 13.2 Å². The summed E-state index contributed by atoms with van der Waals surface area (Å²) in [7, 11) is -0.490. The van der Waals surface area contributed by atoms with Crippen LogP contribution in [0.1, 0.15) is 43.2 Å². The number of halogens is 1. The third-order valence-corrected chi connectivity index (χ3v) is 6.85. The fraction of sp³-hybridized carbons (Fsp3) is 0.409. The minimum atomic E-state index is -3.47. The first-order valence-corrected chi connectivity index (χ1v) is 12.4. The molecule has 1 amide bonds. The van der Waals surface area contributed by atoms with Crippen LogP contribution >= 0.6 is 11.6 Å². The molecule has 2 aromatic rings. The number of anilines is 1. The quantitative estimate of drug-likeness (QED) is 0.449. The third-order valence-electron chi connectivity index (χ3n) is 5.27. The van der Waals surface area contributed by atoms with E-state index in [-0.39, 0.29) is 27.6 Å². The first-order valence-electron chi connectivity index (χ1n) is 10.1. The summed E-state index contributed by atoms with van der Waals surface area (Å²) >= 11 is 6.23. The number of allylic oxidation sites excluding steroid dienone is 1. The number of carbonyl (C=O) groups excluding carboxylic acids is 1. The van der Waals surface area contributed by atoms with E-state index >= 15 is 0 Å². The summed E-state index contributed by atoms with van der Waals surface area (Å²) in [6, 6.07) is 4.53. The van der Waals surface area contributed by atoms with E-state index in [1.165, 1.54) is 38.7 Å². The summed E-state index contributed by atoms with van der Waals surface area (Å²) in [6.45, 7) is 0. The smallest absolute Gasteiger partial charge is 0.257 e. The number of rotatable bonds is 8. The zero-order valence-corrected chi connectivity index (χ0v) is 19.7. The van der Waals surface area contributed by atoms with Crippen LogP contribution in [0.15, 0.2) is 41.6 Å². The first-order chi connectivity index (χ1) is 15.2. The highest BCUT2D eigenvalue weighted by atomic mass is 35.5. The molecule has 32 heavy (non-hydrogen) atoms. The van der Waals surface area contributed by atoms with Gasteiger partial charge >= 0.3 is 0 Å². The highest BCUT2D eigenvalue weighted by Crippen LogP contribution is 2.32. The molecule has 172 valence electrons. The molecule has 0 spiro atoms. The molecule has 0 aliphatic heterocycles. The highest BCUT2D eigenvalue weighted by Gasteiger charge is 2.21. The molecule has 1 aromatic carbocycles. The van der Waals surface area contributed by atoms with Gasteiger partial charge in [0.15, 0.2) is 15.7 Å². The monoisotopic (exact) mass is 479 g/mol. The van der Waals surface area contributed by atoms with E-state index in [4.69, 9.17) is 21.1 Å². The summed E-state index contributed by atoms with van der Waals surface area (Å²) in [6.07, 6.45) is 9.47. The maximum absolute atomic E-state index is 13.2. The van der Waals surface area contributed by atoms with Crippen molar-refractivity contribution < 1.29 is 22.7 Å². The molecule has 0 radical (unpaired) electrons. The Morgan fingerprint density at radius 3 is 2.41 bits per heavy atom. The Kier molecular flexibility index (Phi) is 8.00. The lowest BCUT2D eigenvalue weighted by atomic mass is 9.98. The number of methoxy groups -OCH3 is 2. The Morgan fingerprint density at radius 1 is 1.19 bits per heavy atom. The molecule has 0 unspecified atom stereocenters. The van der Waals surface area contributed by atoms with Gasteiger partial charge in [-0.25, -0.2) is 13.4 Å². The van der Waals surface area contributed by atoms with Gasteiger partial charge in [0.2, 0.25) is 6.29 Å². The Bertz CT molecular complexity index is 1090. The number of carbonyl (C=O) groups is 1. The minimum Gasteiger partial charge on any atom is -0.350 e. The van der Waals surface area contributed by atoms with Crippen molar-refractivity contribution in [2.24, 2.45) is 5.92 Å². The normalized spacial score (nSPS) is 15.3. The van der Waals surface area contributed by atoms with Gasteiger partial charge in [-0.1, -0.05) is 36.6 Å². The van der Waals surface area contributed by atoms with E-state index in [1.807, 2.05) is 6.08 Å². The van der Waals surface area contributed by atoms with Gasteiger partial charge in [0.25, 0.3) is 5.91 Å². The van der Waals surface area contributed by atoms with Crippen LogP contribution < -0.4 is 5.32 Å². The zero-order chi connectivity index (χ0) is 23.3. The van der Waals surface area contributed by atoms with Crippen LogP contribution in [0.25, 0.3) is 5.57 Å². The van der Waals surface area contributed by atoms with Gasteiger partial charge in [-0.05, 0) is 36.5 Å². The molecule has 0 saturated heterocycles. The summed E-state index contributed by atoms with van der Waals surface area (Å²) < 4.78 is 34.1. The molecule has 1 aliphatic rings. The fourth-order valence-corrected chi connectivity index (χ4v) is 5.01. The second-order valence-corrected chi connectivity index (χ2v) is 10.0. The van der Waals surface area contributed by atoms with Crippen molar-refractivity contribution >= 4 is 38.7 Å². The van der Waals surface area contributed by atoms with Crippen molar-refractivity contribution in [1.82, 2.24) is 9.97 Å². The minimum absolute atomic E-state index is 0.0239. The van der Waals surface area contributed by atoms with E-state index in [1.54, 1.807) is 6.07 Å². The molecule has 1 N–H and O–H groups in total. The van der Waals surface area contributed by atoms with Gasteiger partial charge < -0.3 is 14.8 Å². The van der Waals surface area contributed by atoms with E-state index in [0.717, 1.165) is 31.9 Å². The van der Waals surface area contributed by atoms with Crippen molar-refractivity contribution in [2.75, 3.05) is 25.8 Å². The van der Waals surface area contributed by atoms with Gasteiger partial charge in [-0.2, -0.15) is 0 Å². The summed E-state index contributed by atoms with van der Waals surface area (Å²) in [5.41, 5.74) is 1.42. The maximum atomic E-state index is 13.2. The molecule has 0 bridgehead atoms. The lowest BCUT2D eigenvalue weighted by molar-refractivity contribution is -0.111. The number of aromatic nitrogens is 2. The van der Waals surface area contributed by atoms with Crippen molar-refractivity contribution in [3.05, 3.63) is 52.9 Å². The number of hydrogen-bond donors (Lipinski definition) is 1. The van der Waals surface area contributed by atoms with Gasteiger partial charge in [-0.3, -0.25) is 9.78 Å². The van der Waals surface area contributed by atoms with Crippen molar-refractivity contribution in [2.45, 2.75) is 36.9 Å². The molecule has 1 saturated carbocycles. The van der Waals surface area contributed by atoms with Gasteiger partial charge in [0, 0.05) is 26.0 Å². The van der Waals surface area contributed by atoms with Crippen LogP contribution in [0.5, 0.6) is 0 Å². The lowest BCUT2D eigenvalue weighted by Gasteiger charge is -2.14. The average molecular weight is 480 g/mol.